The molecule has 100 valence electrons. The van der Waals surface area contributed by atoms with E-state index < -0.39 is 21.8 Å². The first-order valence-corrected chi connectivity index (χ1v) is 7.37. The summed E-state index contributed by atoms with van der Waals surface area (Å²) in [6, 6.07) is 6.61. The van der Waals surface area contributed by atoms with Gasteiger partial charge in [0.2, 0.25) is 0 Å². The van der Waals surface area contributed by atoms with Crippen LogP contribution >= 0.6 is 0 Å². The van der Waals surface area contributed by atoms with Gasteiger partial charge >= 0.3 is 6.09 Å². The monoisotopic (exact) mass is 271 g/mol. The topological polar surface area (TPSA) is 72.5 Å². The Labute approximate surface area is 107 Å². The third-order valence-corrected chi connectivity index (χ3v) is 3.89. The average molecular weight is 271 g/mol. The van der Waals surface area contributed by atoms with Crippen LogP contribution in [-0.4, -0.2) is 27.0 Å². The van der Waals surface area contributed by atoms with E-state index >= 15 is 0 Å². The number of carbonyl (C=O) groups is 1. The summed E-state index contributed by atoms with van der Waals surface area (Å²) < 4.78 is 28.3. The van der Waals surface area contributed by atoms with Crippen LogP contribution in [0.3, 0.4) is 0 Å². The first-order valence-electron chi connectivity index (χ1n) is 5.72. The van der Waals surface area contributed by atoms with Gasteiger partial charge in [-0.3, -0.25) is 0 Å². The number of ether oxygens (including phenoxy) is 1. The van der Waals surface area contributed by atoms with Gasteiger partial charge in [-0.25, -0.2) is 13.2 Å². The third kappa shape index (κ3) is 4.03. The van der Waals surface area contributed by atoms with Gasteiger partial charge in [0.1, 0.15) is 5.88 Å². The van der Waals surface area contributed by atoms with Crippen molar-refractivity contribution < 1.29 is 17.9 Å². The van der Waals surface area contributed by atoms with Crippen LogP contribution < -0.4 is 5.32 Å². The van der Waals surface area contributed by atoms with E-state index in [-0.39, 0.29) is 11.5 Å². The Kier molecular flexibility index (Phi) is 5.15. The molecule has 18 heavy (non-hydrogen) atoms. The molecule has 0 unspecified atom stereocenters. The first-order chi connectivity index (χ1) is 8.49. The highest BCUT2D eigenvalue weighted by Gasteiger charge is 2.15. The molecule has 1 aromatic rings. The second-order valence-corrected chi connectivity index (χ2v) is 5.64. The second kappa shape index (κ2) is 6.39. The van der Waals surface area contributed by atoms with Gasteiger partial charge < -0.3 is 10.1 Å². The number of sulfone groups is 1. The molecule has 0 radical (unpaired) electrons. The molecule has 0 spiro atoms. The lowest BCUT2D eigenvalue weighted by Crippen LogP contribution is -2.30. The van der Waals surface area contributed by atoms with Crippen LogP contribution in [0.15, 0.2) is 29.2 Å². The van der Waals surface area contributed by atoms with Gasteiger partial charge in [0.05, 0.1) is 11.5 Å². The van der Waals surface area contributed by atoms with E-state index in [1.807, 2.05) is 6.92 Å². The Bertz CT molecular complexity index is 493. The molecule has 0 aliphatic carbocycles. The van der Waals surface area contributed by atoms with Crippen molar-refractivity contribution in [2.24, 2.45) is 0 Å². The Hall–Kier alpha value is -1.56. The molecule has 0 aliphatic rings. The molecule has 6 heteroatoms. The molecule has 0 saturated carbocycles. The van der Waals surface area contributed by atoms with E-state index in [1.54, 1.807) is 31.2 Å². The molecule has 0 atom stereocenters. The van der Waals surface area contributed by atoms with Crippen molar-refractivity contribution in [1.29, 1.82) is 0 Å². The normalized spacial score (nSPS) is 11.0. The van der Waals surface area contributed by atoms with Gasteiger partial charge in [-0.1, -0.05) is 19.1 Å². The lowest BCUT2D eigenvalue weighted by molar-refractivity contribution is 0.154. The Balaban J connectivity index is 2.70. The lowest BCUT2D eigenvalue weighted by atomic mass is 10.2. The average Bonchev–Trinajstić information content (AvgIpc) is 2.37. The van der Waals surface area contributed by atoms with Crippen molar-refractivity contribution in [3.05, 3.63) is 29.8 Å². The van der Waals surface area contributed by atoms with Crippen molar-refractivity contribution in [2.75, 3.05) is 12.5 Å². The minimum absolute atomic E-state index is 0.191. The molecular formula is C12H17NO4S. The van der Waals surface area contributed by atoms with Crippen LogP contribution in [0.5, 0.6) is 0 Å². The molecular weight excluding hydrogens is 254 g/mol. The Morgan fingerprint density at radius 1 is 1.22 bits per heavy atom. The van der Waals surface area contributed by atoms with E-state index in [0.717, 1.165) is 12.0 Å². The lowest BCUT2D eigenvalue weighted by Gasteiger charge is -2.07. The van der Waals surface area contributed by atoms with Crippen LogP contribution in [0, 0.1) is 0 Å². The zero-order valence-electron chi connectivity index (χ0n) is 10.5. The zero-order chi connectivity index (χ0) is 13.6. The number of alkyl carbamates (subject to hydrolysis) is 1. The molecule has 0 bridgehead atoms. The van der Waals surface area contributed by atoms with Gasteiger partial charge in [-0.05, 0) is 31.0 Å². The molecule has 0 fully saturated rings. The minimum Gasteiger partial charge on any atom is -0.450 e. The fourth-order valence-electron chi connectivity index (χ4n) is 1.35. The van der Waals surface area contributed by atoms with Crippen molar-refractivity contribution in [2.45, 2.75) is 25.2 Å². The van der Waals surface area contributed by atoms with Crippen LogP contribution in [0.2, 0.25) is 0 Å². The summed E-state index contributed by atoms with van der Waals surface area (Å²) in [6.45, 7) is 3.85. The van der Waals surface area contributed by atoms with Crippen molar-refractivity contribution in [1.82, 2.24) is 5.32 Å². The van der Waals surface area contributed by atoms with E-state index in [0.29, 0.717) is 0 Å². The fraction of sp³-hybridized carbons (Fsp3) is 0.417. The number of amides is 1. The van der Waals surface area contributed by atoms with Crippen LogP contribution in [0.25, 0.3) is 0 Å². The molecule has 0 aromatic heterocycles. The van der Waals surface area contributed by atoms with Crippen molar-refractivity contribution in [3.8, 4) is 0 Å². The van der Waals surface area contributed by atoms with E-state index in [1.165, 1.54) is 0 Å². The smallest absolute Gasteiger partial charge is 0.407 e. The van der Waals surface area contributed by atoms with Crippen LogP contribution in [0.4, 0.5) is 4.79 Å². The van der Waals surface area contributed by atoms with Crippen LogP contribution in [-0.2, 0) is 21.0 Å². The number of benzene rings is 1. The number of hydrogen-bond acceptors (Lipinski definition) is 4. The van der Waals surface area contributed by atoms with E-state index in [9.17, 15) is 13.2 Å². The quantitative estimate of drug-likeness (QED) is 0.885. The fourth-order valence-corrected chi connectivity index (χ4v) is 2.38. The van der Waals surface area contributed by atoms with Gasteiger partial charge in [0.15, 0.2) is 9.84 Å². The predicted octanol–water partition coefficient (Wildman–Crippen LogP) is 1.73. The highest BCUT2D eigenvalue weighted by Crippen LogP contribution is 2.12. The first kappa shape index (κ1) is 14.5. The molecule has 0 saturated heterocycles. The van der Waals surface area contributed by atoms with Gasteiger partial charge in [-0.15, -0.1) is 0 Å². The second-order valence-electron chi connectivity index (χ2n) is 3.65. The van der Waals surface area contributed by atoms with E-state index in [2.05, 4.69) is 10.1 Å². The SMILES string of the molecule is CCOC(=O)NCS(=O)(=O)c1ccc(CC)cc1. The largest absolute Gasteiger partial charge is 0.450 e. The highest BCUT2D eigenvalue weighted by atomic mass is 32.2. The molecule has 1 rings (SSSR count). The minimum atomic E-state index is -3.51. The van der Waals surface area contributed by atoms with Gasteiger partial charge in [-0.2, -0.15) is 0 Å². The number of carbonyl (C=O) groups excluding carboxylic acids is 1. The summed E-state index contributed by atoms with van der Waals surface area (Å²) in [4.78, 5) is 11.2. The van der Waals surface area contributed by atoms with Gasteiger partial charge in [0.25, 0.3) is 0 Å². The summed E-state index contributed by atoms with van der Waals surface area (Å²) in [5, 5.41) is 2.20. The maximum absolute atomic E-state index is 11.9. The highest BCUT2D eigenvalue weighted by molar-refractivity contribution is 7.91. The number of nitrogens with one attached hydrogen (secondary N) is 1. The Morgan fingerprint density at radius 2 is 1.83 bits per heavy atom. The summed E-state index contributed by atoms with van der Waals surface area (Å²) in [5.41, 5.74) is 1.06. The summed E-state index contributed by atoms with van der Waals surface area (Å²) in [6.07, 6.45) is 0.118. The standard InChI is InChI=1S/C12H17NO4S/c1-3-10-5-7-11(8-6-10)18(15,16)9-13-12(14)17-4-2/h5-8H,3-4,9H2,1-2H3,(H,13,14). The molecule has 1 aromatic carbocycles. The molecule has 5 nitrogen and oxygen atoms in total. The zero-order valence-corrected chi connectivity index (χ0v) is 11.3. The van der Waals surface area contributed by atoms with Crippen molar-refractivity contribution in [3.63, 3.8) is 0 Å². The summed E-state index contributed by atoms with van der Waals surface area (Å²) in [7, 11) is -3.51. The number of aryl methyl sites for hydroxylation is 1. The van der Waals surface area contributed by atoms with Crippen molar-refractivity contribution >= 4 is 15.9 Å². The molecule has 1 N–H and O–H groups in total. The number of hydrogen-bond donors (Lipinski definition) is 1. The Morgan fingerprint density at radius 3 is 2.33 bits per heavy atom. The van der Waals surface area contributed by atoms with E-state index in [4.69, 9.17) is 0 Å². The predicted molar refractivity (Wildman–Crippen MR) is 68.0 cm³/mol. The third-order valence-electron chi connectivity index (χ3n) is 2.37. The molecule has 0 heterocycles. The maximum Gasteiger partial charge on any atom is 0.407 e. The maximum atomic E-state index is 11.9. The summed E-state index contributed by atoms with van der Waals surface area (Å²) in [5.74, 6) is -0.461. The number of rotatable bonds is 5. The molecule has 1 amide bonds. The van der Waals surface area contributed by atoms with Crippen LogP contribution in [0.1, 0.15) is 19.4 Å². The van der Waals surface area contributed by atoms with Gasteiger partial charge in [0, 0.05) is 0 Å². The molecule has 0 aliphatic heterocycles. The summed E-state index contributed by atoms with van der Waals surface area (Å²) >= 11 is 0.